The van der Waals surface area contributed by atoms with Crippen molar-refractivity contribution < 1.29 is 8.78 Å². The van der Waals surface area contributed by atoms with Crippen LogP contribution in [0.3, 0.4) is 0 Å². The van der Waals surface area contributed by atoms with Crippen LogP contribution in [0.15, 0.2) is 36.0 Å². The first-order valence-corrected chi connectivity index (χ1v) is 3.02. The van der Waals surface area contributed by atoms with E-state index in [1.807, 2.05) is 0 Å². The van der Waals surface area contributed by atoms with Gasteiger partial charge in [0.15, 0.2) is 0 Å². The first-order valence-electron chi connectivity index (χ1n) is 3.02. The molecule has 56 valence electrons. The van der Waals surface area contributed by atoms with Gasteiger partial charge in [-0.25, -0.2) is 8.78 Å². The van der Waals surface area contributed by atoms with E-state index in [0.717, 1.165) is 6.08 Å². The van der Waals surface area contributed by atoms with E-state index in [1.54, 1.807) is 6.92 Å². The van der Waals surface area contributed by atoms with Crippen molar-refractivity contribution in [1.29, 1.82) is 0 Å². The highest BCUT2D eigenvalue weighted by Crippen LogP contribution is 2.05. The van der Waals surface area contributed by atoms with E-state index in [4.69, 9.17) is 0 Å². The molecule has 0 atom stereocenters. The van der Waals surface area contributed by atoms with Crippen LogP contribution in [0.1, 0.15) is 13.8 Å². The fraction of sp³-hybridized carbons (Fsp3) is 0.250. The molecule has 2 heteroatoms. The van der Waals surface area contributed by atoms with Crippen molar-refractivity contribution in [2.24, 2.45) is 0 Å². The van der Waals surface area contributed by atoms with E-state index < -0.39 is 11.7 Å². The minimum atomic E-state index is -0.571. The summed E-state index contributed by atoms with van der Waals surface area (Å²) in [6.45, 7) is 3.18. The van der Waals surface area contributed by atoms with E-state index in [9.17, 15) is 8.78 Å². The Labute approximate surface area is 59.6 Å². The van der Waals surface area contributed by atoms with Gasteiger partial charge in [-0.15, -0.1) is 0 Å². The van der Waals surface area contributed by atoms with Crippen LogP contribution in [0.4, 0.5) is 8.78 Å². The molecule has 0 fully saturated rings. The maximum Gasteiger partial charge on any atom is 0.125 e. The zero-order valence-corrected chi connectivity index (χ0v) is 6.07. The predicted octanol–water partition coefficient (Wildman–Crippen LogP) is 3.29. The van der Waals surface area contributed by atoms with E-state index in [1.165, 1.54) is 25.2 Å². The lowest BCUT2D eigenvalue weighted by Gasteiger charge is -1.84. The van der Waals surface area contributed by atoms with Gasteiger partial charge < -0.3 is 0 Å². The summed E-state index contributed by atoms with van der Waals surface area (Å²) in [5, 5.41) is 0. The molecule has 0 rings (SSSR count). The number of rotatable bonds is 2. The SMILES string of the molecule is C\C=C/C(F)=C\C(F)=C\C. The van der Waals surface area contributed by atoms with Crippen molar-refractivity contribution in [2.75, 3.05) is 0 Å². The number of hydrogen-bond donors (Lipinski definition) is 0. The number of hydrogen-bond acceptors (Lipinski definition) is 0. The fourth-order valence-corrected chi connectivity index (χ4v) is 0.422. The van der Waals surface area contributed by atoms with E-state index >= 15 is 0 Å². The van der Waals surface area contributed by atoms with Gasteiger partial charge in [0.25, 0.3) is 0 Å². The van der Waals surface area contributed by atoms with Gasteiger partial charge in [0, 0.05) is 6.08 Å². The van der Waals surface area contributed by atoms with Gasteiger partial charge >= 0.3 is 0 Å². The Bertz CT molecular complexity index is 176. The lowest BCUT2D eigenvalue weighted by molar-refractivity contribution is 0.630. The van der Waals surface area contributed by atoms with Crippen LogP contribution in [-0.4, -0.2) is 0 Å². The number of allylic oxidation sites excluding steroid dienone is 6. The smallest absolute Gasteiger partial charge is 0.125 e. The van der Waals surface area contributed by atoms with Crippen LogP contribution >= 0.6 is 0 Å². The molecule has 0 saturated heterocycles. The molecular formula is C8H10F2. The highest BCUT2D eigenvalue weighted by atomic mass is 19.1. The molecule has 0 aliphatic heterocycles. The van der Waals surface area contributed by atoms with Crippen molar-refractivity contribution in [3.63, 3.8) is 0 Å². The Morgan fingerprint density at radius 3 is 2.10 bits per heavy atom. The van der Waals surface area contributed by atoms with Crippen LogP contribution < -0.4 is 0 Å². The maximum absolute atomic E-state index is 12.3. The largest absolute Gasteiger partial charge is 0.207 e. The normalized spacial score (nSPS) is 14.8. The highest BCUT2D eigenvalue weighted by Gasteiger charge is 1.88. The fourth-order valence-electron chi connectivity index (χ4n) is 0.422. The van der Waals surface area contributed by atoms with Gasteiger partial charge in [0.2, 0.25) is 0 Å². The second-order valence-corrected chi connectivity index (χ2v) is 1.70. The Balaban J connectivity index is 4.16. The second-order valence-electron chi connectivity index (χ2n) is 1.70. The topological polar surface area (TPSA) is 0 Å². The molecule has 0 N–H and O–H groups in total. The summed E-state index contributed by atoms with van der Waals surface area (Å²) in [6, 6.07) is 0. The summed E-state index contributed by atoms with van der Waals surface area (Å²) >= 11 is 0. The predicted molar refractivity (Wildman–Crippen MR) is 38.9 cm³/mol. The van der Waals surface area contributed by atoms with Gasteiger partial charge in [0.05, 0.1) is 0 Å². The average Bonchev–Trinajstić information content (AvgIpc) is 1.88. The molecule has 0 unspecified atom stereocenters. The molecule has 0 radical (unpaired) electrons. The molecule has 10 heavy (non-hydrogen) atoms. The molecule has 0 heterocycles. The van der Waals surface area contributed by atoms with Crippen LogP contribution in [-0.2, 0) is 0 Å². The summed E-state index contributed by atoms with van der Waals surface area (Å²) in [4.78, 5) is 0. The number of halogens is 2. The van der Waals surface area contributed by atoms with E-state index in [0.29, 0.717) is 0 Å². The molecule has 0 aliphatic carbocycles. The quantitative estimate of drug-likeness (QED) is 0.521. The van der Waals surface area contributed by atoms with E-state index in [-0.39, 0.29) is 0 Å². The van der Waals surface area contributed by atoms with Crippen LogP contribution in [0.5, 0.6) is 0 Å². The molecule has 0 aromatic carbocycles. The van der Waals surface area contributed by atoms with Crippen LogP contribution in [0.2, 0.25) is 0 Å². The summed E-state index contributed by atoms with van der Waals surface area (Å²) in [5.74, 6) is -1.13. The molecular weight excluding hydrogens is 134 g/mol. The molecule has 0 aromatic rings. The highest BCUT2D eigenvalue weighted by molar-refractivity contribution is 5.20. The van der Waals surface area contributed by atoms with E-state index in [2.05, 4.69) is 0 Å². The minimum absolute atomic E-state index is 0.560. The zero-order valence-electron chi connectivity index (χ0n) is 6.07. The Morgan fingerprint density at radius 1 is 1.10 bits per heavy atom. The summed E-state index contributed by atoms with van der Waals surface area (Å²) in [7, 11) is 0. The summed E-state index contributed by atoms with van der Waals surface area (Å²) in [5.41, 5.74) is 0. The van der Waals surface area contributed by atoms with Crippen molar-refractivity contribution in [2.45, 2.75) is 13.8 Å². The van der Waals surface area contributed by atoms with Crippen molar-refractivity contribution in [1.82, 2.24) is 0 Å². The first kappa shape index (κ1) is 9.08. The third kappa shape index (κ3) is 4.01. The van der Waals surface area contributed by atoms with Gasteiger partial charge in [-0.3, -0.25) is 0 Å². The standard InChI is InChI=1S/C8H10F2/c1-3-5-8(10)6-7(9)4-2/h3-6H,1-2H3/b5-3-,7-4-,8-6+. The van der Waals surface area contributed by atoms with Gasteiger partial charge in [-0.1, -0.05) is 12.2 Å². The lowest BCUT2D eigenvalue weighted by Crippen LogP contribution is -1.67. The Morgan fingerprint density at radius 2 is 1.70 bits per heavy atom. The molecule has 0 saturated carbocycles. The lowest BCUT2D eigenvalue weighted by atomic mass is 10.4. The van der Waals surface area contributed by atoms with Crippen LogP contribution in [0, 0.1) is 0 Å². The maximum atomic E-state index is 12.3. The molecule has 0 amide bonds. The van der Waals surface area contributed by atoms with Crippen LogP contribution in [0.25, 0.3) is 0 Å². The monoisotopic (exact) mass is 144 g/mol. The Hall–Kier alpha value is -0.920. The summed E-state index contributed by atoms with van der Waals surface area (Å²) in [6.07, 6.45) is 4.74. The molecule has 0 aromatic heterocycles. The zero-order chi connectivity index (χ0) is 7.98. The minimum Gasteiger partial charge on any atom is -0.207 e. The molecule has 0 bridgehead atoms. The Kier molecular flexibility index (Phi) is 4.46. The van der Waals surface area contributed by atoms with Crippen molar-refractivity contribution in [3.8, 4) is 0 Å². The van der Waals surface area contributed by atoms with Gasteiger partial charge in [-0.05, 0) is 19.9 Å². The molecule has 0 nitrogen and oxygen atoms in total. The van der Waals surface area contributed by atoms with Gasteiger partial charge in [0.1, 0.15) is 11.7 Å². The second kappa shape index (κ2) is 4.91. The van der Waals surface area contributed by atoms with Crippen molar-refractivity contribution in [3.05, 3.63) is 36.0 Å². The van der Waals surface area contributed by atoms with Crippen molar-refractivity contribution >= 4 is 0 Å². The average molecular weight is 144 g/mol. The molecule has 0 spiro atoms. The first-order chi connectivity index (χ1) is 4.70. The third-order valence-electron chi connectivity index (χ3n) is 0.877. The molecule has 0 aliphatic rings. The third-order valence-corrected chi connectivity index (χ3v) is 0.877. The summed E-state index contributed by atoms with van der Waals surface area (Å²) < 4.78 is 24.6. The van der Waals surface area contributed by atoms with Gasteiger partial charge in [-0.2, -0.15) is 0 Å².